The monoisotopic (exact) mass is 302 g/mol. The molecule has 110 valence electrons. The van der Waals surface area contributed by atoms with Crippen LogP contribution in [-0.4, -0.2) is 20.7 Å². The number of nitrogens with zero attached hydrogens (tertiary/aromatic N) is 2. The molecule has 1 heterocycles. The third-order valence-corrected chi connectivity index (χ3v) is 3.26. The lowest BCUT2D eigenvalue weighted by molar-refractivity contribution is 0.101. The number of Topliss-reactive ketones (excluding diaryl/α,β-unsaturated/α-hetero) is 1. The lowest BCUT2D eigenvalue weighted by Gasteiger charge is -2.10. The van der Waals surface area contributed by atoms with Crippen LogP contribution in [0.4, 0.5) is 5.69 Å². The van der Waals surface area contributed by atoms with E-state index in [4.69, 9.17) is 12.2 Å². The Hall–Kier alpha value is -2.21. The van der Waals surface area contributed by atoms with Gasteiger partial charge in [0.2, 0.25) is 0 Å². The molecule has 0 fully saturated rings. The summed E-state index contributed by atoms with van der Waals surface area (Å²) < 4.78 is 1.87. The molecule has 0 amide bonds. The molecule has 0 bridgehead atoms. The van der Waals surface area contributed by atoms with E-state index in [1.165, 1.54) is 0 Å². The van der Waals surface area contributed by atoms with Crippen molar-refractivity contribution < 1.29 is 4.79 Å². The molecule has 5 nitrogen and oxygen atoms in total. The third kappa shape index (κ3) is 4.39. The summed E-state index contributed by atoms with van der Waals surface area (Å²) in [6.45, 7) is 5.06. The zero-order chi connectivity index (χ0) is 15.2. The number of anilines is 1. The molecule has 0 atom stereocenters. The minimum Gasteiger partial charge on any atom is -0.358 e. The summed E-state index contributed by atoms with van der Waals surface area (Å²) >= 11 is 5.24. The predicted molar refractivity (Wildman–Crippen MR) is 87.4 cm³/mol. The summed E-state index contributed by atoms with van der Waals surface area (Å²) in [6, 6.07) is 7.22. The van der Waals surface area contributed by atoms with E-state index in [1.807, 2.05) is 36.1 Å². The highest BCUT2D eigenvalue weighted by molar-refractivity contribution is 7.80. The molecule has 0 radical (unpaired) electrons. The molecular weight excluding hydrogens is 284 g/mol. The van der Waals surface area contributed by atoms with Crippen LogP contribution in [0.1, 0.15) is 29.8 Å². The van der Waals surface area contributed by atoms with Gasteiger partial charge in [-0.3, -0.25) is 9.48 Å². The van der Waals surface area contributed by atoms with E-state index in [-0.39, 0.29) is 5.78 Å². The van der Waals surface area contributed by atoms with Gasteiger partial charge in [-0.2, -0.15) is 5.10 Å². The molecular formula is C15H18N4OS. The number of rotatable bonds is 5. The van der Waals surface area contributed by atoms with E-state index in [0.29, 0.717) is 17.2 Å². The largest absolute Gasteiger partial charge is 0.358 e. The molecule has 2 rings (SSSR count). The number of benzene rings is 1. The van der Waals surface area contributed by atoms with Crippen molar-refractivity contribution in [1.29, 1.82) is 0 Å². The van der Waals surface area contributed by atoms with Crippen LogP contribution in [0.15, 0.2) is 36.7 Å². The van der Waals surface area contributed by atoms with Crippen LogP contribution in [0, 0.1) is 0 Å². The summed E-state index contributed by atoms with van der Waals surface area (Å²) in [5, 5.41) is 10.9. The summed E-state index contributed by atoms with van der Waals surface area (Å²) in [4.78, 5) is 11.2. The number of hydrogen-bond donors (Lipinski definition) is 2. The van der Waals surface area contributed by atoms with Crippen molar-refractivity contribution in [3.63, 3.8) is 0 Å². The summed E-state index contributed by atoms with van der Waals surface area (Å²) in [6.07, 6.45) is 3.80. The second-order valence-corrected chi connectivity index (χ2v) is 5.05. The molecule has 2 aromatic rings. The van der Waals surface area contributed by atoms with Crippen LogP contribution in [-0.2, 0) is 13.1 Å². The Morgan fingerprint density at radius 2 is 2.05 bits per heavy atom. The van der Waals surface area contributed by atoms with Gasteiger partial charge in [-0.05, 0) is 50.3 Å². The second kappa shape index (κ2) is 6.99. The van der Waals surface area contributed by atoms with Crippen molar-refractivity contribution in [1.82, 2.24) is 15.1 Å². The maximum atomic E-state index is 11.2. The van der Waals surface area contributed by atoms with Gasteiger partial charge in [0.05, 0.1) is 6.20 Å². The topological polar surface area (TPSA) is 59.0 Å². The number of aromatic nitrogens is 2. The highest BCUT2D eigenvalue weighted by atomic mass is 32.1. The quantitative estimate of drug-likeness (QED) is 0.657. The molecule has 0 aliphatic carbocycles. The normalized spacial score (nSPS) is 10.2. The number of hydrogen-bond acceptors (Lipinski definition) is 3. The minimum atomic E-state index is 0.0511. The van der Waals surface area contributed by atoms with Gasteiger partial charge >= 0.3 is 0 Å². The van der Waals surface area contributed by atoms with Crippen molar-refractivity contribution >= 4 is 28.8 Å². The lowest BCUT2D eigenvalue weighted by atomic mass is 10.1. The van der Waals surface area contributed by atoms with E-state index < -0.39 is 0 Å². The molecule has 0 aliphatic heterocycles. The van der Waals surface area contributed by atoms with E-state index in [2.05, 4.69) is 15.7 Å². The first kappa shape index (κ1) is 15.2. The first-order valence-corrected chi connectivity index (χ1v) is 7.16. The highest BCUT2D eigenvalue weighted by Gasteiger charge is 2.02. The van der Waals surface area contributed by atoms with Crippen LogP contribution >= 0.6 is 12.2 Å². The number of aryl methyl sites for hydroxylation is 1. The van der Waals surface area contributed by atoms with E-state index in [9.17, 15) is 4.79 Å². The van der Waals surface area contributed by atoms with Crippen LogP contribution in [0.3, 0.4) is 0 Å². The van der Waals surface area contributed by atoms with E-state index >= 15 is 0 Å². The van der Waals surface area contributed by atoms with Gasteiger partial charge in [0.15, 0.2) is 10.9 Å². The zero-order valence-electron chi connectivity index (χ0n) is 12.1. The maximum Gasteiger partial charge on any atom is 0.171 e. The molecule has 6 heteroatoms. The van der Waals surface area contributed by atoms with Crippen LogP contribution in [0.5, 0.6) is 0 Å². The molecule has 0 saturated heterocycles. The Balaban J connectivity index is 1.85. The average Bonchev–Trinajstić information content (AvgIpc) is 2.94. The average molecular weight is 302 g/mol. The standard InChI is InChI=1S/C15H18N4OS/c1-3-19-10-12(9-17-19)8-16-15(21)18-14-6-4-13(5-7-14)11(2)20/h4-7,9-10H,3,8H2,1-2H3,(H2,16,18,21). The lowest BCUT2D eigenvalue weighted by Crippen LogP contribution is -2.27. The number of nitrogens with one attached hydrogen (secondary N) is 2. The molecule has 2 N–H and O–H groups in total. The van der Waals surface area contributed by atoms with E-state index in [1.54, 1.807) is 19.1 Å². The van der Waals surface area contributed by atoms with Gasteiger partial charge in [-0.25, -0.2) is 0 Å². The smallest absolute Gasteiger partial charge is 0.171 e. The number of carbonyl (C=O) groups is 1. The highest BCUT2D eigenvalue weighted by Crippen LogP contribution is 2.10. The number of thiocarbonyl (C=S) groups is 1. The fourth-order valence-corrected chi connectivity index (χ4v) is 2.01. The Morgan fingerprint density at radius 1 is 1.33 bits per heavy atom. The van der Waals surface area contributed by atoms with Crippen molar-refractivity contribution in [2.45, 2.75) is 26.9 Å². The number of carbonyl (C=O) groups excluding carboxylic acids is 1. The van der Waals surface area contributed by atoms with Crippen molar-refractivity contribution in [2.75, 3.05) is 5.32 Å². The fraction of sp³-hybridized carbons (Fsp3) is 0.267. The Labute approximate surface area is 129 Å². The Morgan fingerprint density at radius 3 is 2.62 bits per heavy atom. The van der Waals surface area contributed by atoms with Crippen LogP contribution < -0.4 is 10.6 Å². The first-order chi connectivity index (χ1) is 10.1. The Kier molecular flexibility index (Phi) is 5.05. The van der Waals surface area contributed by atoms with Gasteiger partial charge in [0.1, 0.15) is 0 Å². The fourth-order valence-electron chi connectivity index (χ4n) is 1.82. The van der Waals surface area contributed by atoms with Crippen LogP contribution in [0.2, 0.25) is 0 Å². The van der Waals surface area contributed by atoms with Crippen LogP contribution in [0.25, 0.3) is 0 Å². The third-order valence-electron chi connectivity index (χ3n) is 3.01. The molecule has 0 saturated carbocycles. The zero-order valence-corrected chi connectivity index (χ0v) is 12.9. The van der Waals surface area contributed by atoms with Crippen molar-refractivity contribution in [3.8, 4) is 0 Å². The molecule has 0 spiro atoms. The maximum absolute atomic E-state index is 11.2. The molecule has 21 heavy (non-hydrogen) atoms. The number of ketones is 1. The SMILES string of the molecule is CCn1cc(CNC(=S)Nc2ccc(C(C)=O)cc2)cn1. The molecule has 0 aliphatic rings. The van der Waals surface area contributed by atoms with Gasteiger partial charge in [-0.1, -0.05) is 0 Å². The van der Waals surface area contributed by atoms with Crippen molar-refractivity contribution in [3.05, 3.63) is 47.8 Å². The Bertz CT molecular complexity index is 633. The summed E-state index contributed by atoms with van der Waals surface area (Å²) in [7, 11) is 0. The van der Waals surface area contributed by atoms with Gasteiger partial charge in [0, 0.05) is 36.1 Å². The van der Waals surface area contributed by atoms with Gasteiger partial charge in [-0.15, -0.1) is 0 Å². The predicted octanol–water partition coefficient (Wildman–Crippen LogP) is 2.59. The van der Waals surface area contributed by atoms with Gasteiger partial charge in [0.25, 0.3) is 0 Å². The minimum absolute atomic E-state index is 0.0511. The summed E-state index contributed by atoms with van der Waals surface area (Å²) in [5.41, 5.74) is 2.61. The molecule has 0 unspecified atom stereocenters. The summed E-state index contributed by atoms with van der Waals surface area (Å²) in [5.74, 6) is 0.0511. The van der Waals surface area contributed by atoms with E-state index in [0.717, 1.165) is 17.8 Å². The molecule has 1 aromatic carbocycles. The van der Waals surface area contributed by atoms with Gasteiger partial charge < -0.3 is 10.6 Å². The molecule has 1 aromatic heterocycles. The van der Waals surface area contributed by atoms with Crippen molar-refractivity contribution in [2.24, 2.45) is 0 Å². The second-order valence-electron chi connectivity index (χ2n) is 4.65. The first-order valence-electron chi connectivity index (χ1n) is 6.75.